The van der Waals surface area contributed by atoms with Crippen LogP contribution < -0.4 is 27.0 Å². The predicted octanol–water partition coefficient (Wildman–Crippen LogP) is 8.30. The summed E-state index contributed by atoms with van der Waals surface area (Å²) in [5.74, 6) is 2.84. The van der Waals surface area contributed by atoms with Gasteiger partial charge >= 0.3 is 37.1 Å². The number of carbonyl (C=O) groups excluding carboxylic acids is 3. The number of hydrogen-bond acceptors (Lipinski definition) is 7. The Kier molecular flexibility index (Phi) is 17.6. The van der Waals surface area contributed by atoms with Gasteiger partial charge in [0.05, 0.1) is 24.8 Å². The molecular weight excluding hydrogens is 979 g/mol. The molecule has 6 N–H and O–H groups in total. The van der Waals surface area contributed by atoms with Gasteiger partial charge in [0, 0.05) is 47.6 Å². The summed E-state index contributed by atoms with van der Waals surface area (Å²) >= 11 is 0. The van der Waals surface area contributed by atoms with Crippen molar-refractivity contribution in [3.05, 3.63) is 132 Å². The number of ether oxygens (including phenoxy) is 2. The number of nitrogens with zero attached hydrogens (tertiary/aromatic N) is 1. The fourth-order valence-electron chi connectivity index (χ4n) is 7.11. The second-order valence-corrected chi connectivity index (χ2v) is 15.8. The normalized spacial score (nSPS) is 16.7. The van der Waals surface area contributed by atoms with Crippen LogP contribution in [0, 0.1) is 69.1 Å². The average Bonchev–Trinajstić information content (AvgIpc) is 3.94. The van der Waals surface area contributed by atoms with Crippen LogP contribution in [0.2, 0.25) is 0 Å². The van der Waals surface area contributed by atoms with E-state index in [1.54, 1.807) is 19.4 Å². The van der Waals surface area contributed by atoms with E-state index in [0.717, 1.165) is 45.1 Å². The van der Waals surface area contributed by atoms with Gasteiger partial charge in [-0.15, -0.1) is 13.0 Å². The van der Waals surface area contributed by atoms with Crippen molar-refractivity contribution < 1.29 is 55.0 Å². The summed E-state index contributed by atoms with van der Waals surface area (Å²) in [4.78, 5) is 43.3. The van der Waals surface area contributed by atoms with E-state index in [2.05, 4.69) is 73.7 Å². The first-order valence-electron chi connectivity index (χ1n) is 19.9. The Labute approximate surface area is 378 Å². The summed E-state index contributed by atoms with van der Waals surface area (Å²) in [7, 11) is 1.65. The molecule has 2 aliphatic rings. The largest absolute Gasteiger partial charge is 2.00 e. The molecule has 1 heterocycles. The molecule has 4 amide bonds. The number of aromatic nitrogens is 1. The quantitative estimate of drug-likeness (QED) is 0.0484. The maximum atomic E-state index is 13.7. The number of anilines is 3. The van der Waals surface area contributed by atoms with Crippen molar-refractivity contribution in [1.29, 1.82) is 0 Å². The Morgan fingerprint density at radius 3 is 2.35 bits per heavy atom. The molecule has 11 nitrogen and oxygen atoms in total. The van der Waals surface area contributed by atoms with Gasteiger partial charge in [0.1, 0.15) is 5.82 Å². The molecule has 4 aromatic rings. The van der Waals surface area contributed by atoms with E-state index in [-0.39, 0.29) is 48.4 Å². The number of nitrogens with two attached hydrogens (primary N) is 1. The van der Waals surface area contributed by atoms with Crippen LogP contribution in [-0.4, -0.2) is 56.3 Å². The van der Waals surface area contributed by atoms with Gasteiger partial charge in [-0.2, -0.15) is 0 Å². The SMILES string of the molecule is C#CC1=CC(C(=O)NC[CH2-])CC(Nc2cc(Cc3ccc(NC(=O)Nc4cc(C(C)(C)C)cc(C(N)=O)c4C4C[C@H]4C)c4ccccc34)ccn2)=C1.[CH2-]COCCOC.[U+2]. The van der Waals surface area contributed by atoms with Crippen molar-refractivity contribution in [3.63, 3.8) is 0 Å². The average molecular weight is 1040 g/mol. The van der Waals surface area contributed by atoms with Crippen LogP contribution in [-0.2, 0) is 26.1 Å². The smallest absolute Gasteiger partial charge is 0.411 e. The number of primary amides is 1. The molecule has 12 heteroatoms. The first kappa shape index (κ1) is 47.8. The number of nitrogens with one attached hydrogen (secondary N) is 4. The maximum Gasteiger partial charge on any atom is 2.00 e. The maximum absolute atomic E-state index is 13.7. The fraction of sp³-hybridized carbons (Fsp3) is 0.333. The standard InChI is InChI=1S/C43H45N6O3.C5H11O2.U/c1-7-26-18-29(41(51)45-8-2)22-31(20-26)47-38-21-27(15-16-46-38)19-28-13-14-36(33-12-10-9-11-32(28)33)48-42(52)49-37-24-30(43(4,5)6)23-35(40(44)50)39(37)34-17-25(34)3;1-3-7-5-4-6-2;/h1,9-16,18,20-21,23-25,29,34H,2,8,17,19,22H2,3-6H3,(H2,44,50)(H,45,51)(H,46,47)(H2,48,49,52);1,3-5H2,2H3;/q2*-1;+2/t25-,29?,34?;;/m1../s1. The van der Waals surface area contributed by atoms with Gasteiger partial charge in [-0.05, 0) is 94.1 Å². The zero-order valence-corrected chi connectivity index (χ0v) is 39.4. The van der Waals surface area contributed by atoms with Gasteiger partial charge in [-0.1, -0.05) is 76.6 Å². The van der Waals surface area contributed by atoms with Crippen LogP contribution in [0.1, 0.15) is 79.1 Å². The molecule has 60 heavy (non-hydrogen) atoms. The van der Waals surface area contributed by atoms with Crippen LogP contribution >= 0.6 is 0 Å². The third-order valence-electron chi connectivity index (χ3n) is 10.3. The van der Waals surface area contributed by atoms with E-state index >= 15 is 0 Å². The molecule has 312 valence electrons. The van der Waals surface area contributed by atoms with Gasteiger partial charge in [0.2, 0.25) is 11.8 Å². The Morgan fingerprint density at radius 1 is 1.00 bits per heavy atom. The number of pyridine rings is 1. The number of hydrogen-bond donors (Lipinski definition) is 5. The third-order valence-corrected chi connectivity index (χ3v) is 10.3. The minimum absolute atomic E-state index is 0. The molecule has 0 aliphatic heterocycles. The summed E-state index contributed by atoms with van der Waals surface area (Å²) in [6, 6.07) is 19.3. The zero-order valence-electron chi connectivity index (χ0n) is 35.2. The summed E-state index contributed by atoms with van der Waals surface area (Å²) in [5, 5.41) is 14.2. The number of allylic oxidation sites excluding steroid dienone is 3. The van der Waals surface area contributed by atoms with Crippen molar-refractivity contribution in [2.24, 2.45) is 17.6 Å². The van der Waals surface area contributed by atoms with Gasteiger partial charge in [-0.3, -0.25) is 9.59 Å². The predicted molar refractivity (Wildman–Crippen MR) is 237 cm³/mol. The van der Waals surface area contributed by atoms with Gasteiger partial charge in [0.25, 0.3) is 0 Å². The van der Waals surface area contributed by atoms with E-state index in [1.165, 1.54) is 0 Å². The van der Waals surface area contributed by atoms with Crippen LogP contribution in [0.15, 0.2) is 90.3 Å². The van der Waals surface area contributed by atoms with Crippen LogP contribution in [0.3, 0.4) is 0 Å². The van der Waals surface area contributed by atoms with Crippen molar-refractivity contribution in [2.45, 2.75) is 58.3 Å². The van der Waals surface area contributed by atoms with Crippen LogP contribution in [0.4, 0.5) is 22.0 Å². The first-order chi connectivity index (χ1) is 28.3. The van der Waals surface area contributed by atoms with E-state index in [9.17, 15) is 14.4 Å². The Bertz CT molecular complexity index is 2270. The number of amides is 4. The number of carbonyl (C=O) groups is 3. The van der Waals surface area contributed by atoms with E-state index in [1.807, 2.05) is 66.7 Å². The van der Waals surface area contributed by atoms with E-state index in [4.69, 9.17) is 21.6 Å². The zero-order chi connectivity index (χ0) is 42.7. The van der Waals surface area contributed by atoms with Crippen molar-refractivity contribution in [1.82, 2.24) is 10.3 Å². The van der Waals surface area contributed by atoms with E-state index in [0.29, 0.717) is 73.5 Å². The summed E-state index contributed by atoms with van der Waals surface area (Å²) < 4.78 is 9.53. The Morgan fingerprint density at radius 2 is 1.72 bits per heavy atom. The molecule has 2 aliphatic carbocycles. The van der Waals surface area contributed by atoms with Gasteiger partial charge < -0.3 is 50.3 Å². The van der Waals surface area contributed by atoms with Gasteiger partial charge in [0.15, 0.2) is 0 Å². The molecule has 0 radical (unpaired) electrons. The second kappa shape index (κ2) is 22.1. The number of fused-ring (bicyclic) bond motifs is 1. The van der Waals surface area contributed by atoms with Crippen molar-refractivity contribution in [2.75, 3.05) is 49.4 Å². The number of benzene rings is 3. The number of methoxy groups -OCH3 is 1. The number of rotatable bonds is 14. The summed E-state index contributed by atoms with van der Waals surface area (Å²) in [6.07, 6.45) is 13.1. The van der Waals surface area contributed by atoms with Crippen LogP contribution in [0.25, 0.3) is 10.8 Å². The van der Waals surface area contributed by atoms with Gasteiger partial charge in [-0.25, -0.2) is 9.78 Å². The van der Waals surface area contributed by atoms with Crippen molar-refractivity contribution in [3.8, 4) is 12.3 Å². The first-order valence-corrected chi connectivity index (χ1v) is 19.9. The molecule has 0 bridgehead atoms. The molecule has 0 saturated heterocycles. The molecule has 1 fully saturated rings. The molecule has 1 aromatic heterocycles. The molecule has 3 aromatic carbocycles. The minimum atomic E-state index is -0.494. The van der Waals surface area contributed by atoms with E-state index < -0.39 is 17.9 Å². The molecule has 1 saturated carbocycles. The molecule has 2 unspecified atom stereocenters. The Balaban J connectivity index is 0.000000912. The Hall–Kier alpha value is -4.91. The fourth-order valence-corrected chi connectivity index (χ4v) is 7.11. The third kappa shape index (κ3) is 12.8. The summed E-state index contributed by atoms with van der Waals surface area (Å²) in [6.45, 7) is 17.7. The molecule has 3 atom stereocenters. The summed E-state index contributed by atoms with van der Waals surface area (Å²) in [5.41, 5.74) is 12.6. The monoisotopic (exact) mass is 1030 g/mol. The minimum Gasteiger partial charge on any atom is -0.411 e. The second-order valence-electron chi connectivity index (χ2n) is 15.8. The topological polar surface area (TPSA) is 157 Å². The number of terminal acetylenes is 1. The van der Waals surface area contributed by atoms with Crippen LogP contribution in [0.5, 0.6) is 0 Å². The molecular formula is C48H56N6O5U. The molecule has 0 spiro atoms. The van der Waals surface area contributed by atoms with Crippen molar-refractivity contribution >= 4 is 45.8 Å². The molecule has 6 rings (SSSR count). The number of urea groups is 1.